The average Bonchev–Trinajstić information content (AvgIpc) is 2.93. The molecule has 1 amide bonds. The van der Waals surface area contributed by atoms with Gasteiger partial charge in [0.25, 0.3) is 5.91 Å². The van der Waals surface area contributed by atoms with Gasteiger partial charge in [0, 0.05) is 13.1 Å². The summed E-state index contributed by atoms with van der Waals surface area (Å²) in [5.74, 6) is -0.437. The maximum atomic E-state index is 13.6. The zero-order valence-electron chi connectivity index (χ0n) is 14.8. The molecule has 0 saturated carbocycles. The van der Waals surface area contributed by atoms with E-state index in [9.17, 15) is 9.18 Å². The van der Waals surface area contributed by atoms with E-state index < -0.39 is 0 Å². The lowest BCUT2D eigenvalue weighted by molar-refractivity contribution is 0.0949. The summed E-state index contributed by atoms with van der Waals surface area (Å²) >= 11 is 0. The average molecular weight is 332 g/mol. The normalized spacial score (nSPS) is 11.1. The Morgan fingerprint density at radius 2 is 2.04 bits per heavy atom. The molecule has 0 atom stereocenters. The van der Waals surface area contributed by atoms with Crippen LogP contribution in [0.5, 0.6) is 0 Å². The molecular formula is C18H25FN4O. The molecule has 0 aliphatic heterocycles. The highest BCUT2D eigenvalue weighted by molar-refractivity contribution is 5.96. The topological polar surface area (TPSA) is 50.2 Å². The molecule has 130 valence electrons. The van der Waals surface area contributed by atoms with Crippen LogP contribution in [0.2, 0.25) is 0 Å². The highest BCUT2D eigenvalue weighted by Crippen LogP contribution is 2.21. The Labute approximate surface area is 142 Å². The van der Waals surface area contributed by atoms with Crippen LogP contribution in [0.15, 0.2) is 24.3 Å². The van der Waals surface area contributed by atoms with Crippen LogP contribution in [0, 0.1) is 5.82 Å². The summed E-state index contributed by atoms with van der Waals surface area (Å²) in [7, 11) is 3.92. The molecule has 0 bridgehead atoms. The number of benzene rings is 1. The lowest BCUT2D eigenvalue weighted by Crippen LogP contribution is -2.32. The zero-order valence-corrected chi connectivity index (χ0v) is 14.8. The molecule has 1 heterocycles. The van der Waals surface area contributed by atoms with E-state index >= 15 is 0 Å². The van der Waals surface area contributed by atoms with Crippen molar-refractivity contribution in [2.45, 2.75) is 26.7 Å². The first kappa shape index (κ1) is 18.1. The lowest BCUT2D eigenvalue weighted by Gasteiger charge is -2.11. The van der Waals surface area contributed by atoms with Crippen LogP contribution in [0.3, 0.4) is 0 Å². The summed E-state index contributed by atoms with van der Waals surface area (Å²) in [6, 6.07) is 6.27. The molecule has 6 heteroatoms. The second kappa shape index (κ2) is 8.06. The van der Waals surface area contributed by atoms with Crippen molar-refractivity contribution < 1.29 is 9.18 Å². The van der Waals surface area contributed by atoms with Gasteiger partial charge in [0.05, 0.1) is 22.6 Å². The monoisotopic (exact) mass is 332 g/mol. The molecule has 1 N–H and O–H groups in total. The molecule has 5 nitrogen and oxygen atoms in total. The summed E-state index contributed by atoms with van der Waals surface area (Å²) in [6.45, 7) is 5.28. The van der Waals surface area contributed by atoms with Crippen LogP contribution in [-0.2, 0) is 12.8 Å². The Balaban J connectivity index is 2.39. The van der Waals surface area contributed by atoms with Crippen molar-refractivity contribution in [3.05, 3.63) is 47.0 Å². The van der Waals surface area contributed by atoms with Crippen molar-refractivity contribution in [2.75, 3.05) is 27.2 Å². The molecule has 0 aliphatic rings. The van der Waals surface area contributed by atoms with E-state index in [1.54, 1.807) is 16.8 Å². The Bertz CT molecular complexity index is 709. The second-order valence-electron chi connectivity index (χ2n) is 5.93. The van der Waals surface area contributed by atoms with Gasteiger partial charge in [-0.2, -0.15) is 5.10 Å². The molecule has 2 rings (SSSR count). The molecule has 0 unspecified atom stereocenters. The standard InChI is InChI=1S/C18H25FN4O/c1-5-15-17(18(24)20-10-11-22(3)4)16(6-2)23(21-15)14-9-7-8-13(19)12-14/h7-9,12H,5-6,10-11H2,1-4H3,(H,20,24). The molecule has 0 fully saturated rings. The van der Waals surface area contributed by atoms with E-state index in [1.807, 2.05) is 32.8 Å². The molecule has 1 aromatic heterocycles. The predicted molar refractivity (Wildman–Crippen MR) is 93.2 cm³/mol. The van der Waals surface area contributed by atoms with Gasteiger partial charge in [-0.3, -0.25) is 4.79 Å². The van der Waals surface area contributed by atoms with E-state index in [-0.39, 0.29) is 11.7 Å². The van der Waals surface area contributed by atoms with Gasteiger partial charge in [0.15, 0.2) is 0 Å². The van der Waals surface area contributed by atoms with Crippen molar-refractivity contribution in [1.29, 1.82) is 0 Å². The number of rotatable bonds is 7. The van der Waals surface area contributed by atoms with Crippen molar-refractivity contribution in [3.8, 4) is 5.69 Å². The summed E-state index contributed by atoms with van der Waals surface area (Å²) in [6.07, 6.45) is 1.28. The highest BCUT2D eigenvalue weighted by Gasteiger charge is 2.22. The molecule has 24 heavy (non-hydrogen) atoms. The van der Waals surface area contributed by atoms with Gasteiger partial charge in [-0.1, -0.05) is 19.9 Å². The Morgan fingerprint density at radius 1 is 1.29 bits per heavy atom. The van der Waals surface area contributed by atoms with Crippen molar-refractivity contribution in [2.24, 2.45) is 0 Å². The minimum absolute atomic E-state index is 0.117. The maximum absolute atomic E-state index is 13.6. The van der Waals surface area contributed by atoms with E-state index in [4.69, 9.17) is 0 Å². The lowest BCUT2D eigenvalue weighted by atomic mass is 10.1. The molecule has 0 saturated heterocycles. The number of likely N-dealkylation sites (N-methyl/N-ethyl adjacent to an activating group) is 1. The number of nitrogens with zero attached hydrogens (tertiary/aromatic N) is 3. The number of aryl methyl sites for hydroxylation is 1. The third-order valence-electron chi connectivity index (χ3n) is 3.85. The third-order valence-corrected chi connectivity index (χ3v) is 3.85. The molecule has 1 aromatic carbocycles. The smallest absolute Gasteiger partial charge is 0.255 e. The van der Waals surface area contributed by atoms with Gasteiger partial charge < -0.3 is 10.2 Å². The highest BCUT2D eigenvalue weighted by atomic mass is 19.1. The van der Waals surface area contributed by atoms with Crippen LogP contribution in [0.25, 0.3) is 5.69 Å². The van der Waals surface area contributed by atoms with E-state index in [1.165, 1.54) is 12.1 Å². The van der Waals surface area contributed by atoms with Gasteiger partial charge in [-0.05, 0) is 45.1 Å². The molecule has 0 spiro atoms. The summed E-state index contributed by atoms with van der Waals surface area (Å²) < 4.78 is 15.2. The van der Waals surface area contributed by atoms with E-state index in [0.29, 0.717) is 30.6 Å². The van der Waals surface area contributed by atoms with Gasteiger partial charge in [-0.15, -0.1) is 0 Å². The number of hydrogen-bond donors (Lipinski definition) is 1. The van der Waals surface area contributed by atoms with Gasteiger partial charge in [0.2, 0.25) is 0 Å². The number of amides is 1. The zero-order chi connectivity index (χ0) is 17.7. The number of aromatic nitrogens is 2. The number of carbonyl (C=O) groups is 1. The summed E-state index contributed by atoms with van der Waals surface area (Å²) in [4.78, 5) is 14.7. The fraction of sp³-hybridized carbons (Fsp3) is 0.444. The number of halogens is 1. The number of nitrogens with one attached hydrogen (secondary N) is 1. The largest absolute Gasteiger partial charge is 0.351 e. The minimum Gasteiger partial charge on any atom is -0.351 e. The second-order valence-corrected chi connectivity index (χ2v) is 5.93. The summed E-state index contributed by atoms with van der Waals surface area (Å²) in [5.41, 5.74) is 2.79. The summed E-state index contributed by atoms with van der Waals surface area (Å²) in [5, 5.41) is 7.50. The molecule has 2 aromatic rings. The molecule has 0 aliphatic carbocycles. The third kappa shape index (κ3) is 4.00. The SMILES string of the molecule is CCc1nn(-c2cccc(F)c2)c(CC)c1C(=O)NCCN(C)C. The van der Waals surface area contributed by atoms with Crippen LogP contribution >= 0.6 is 0 Å². The first-order valence-electron chi connectivity index (χ1n) is 8.27. The number of carbonyl (C=O) groups excluding carboxylic acids is 1. The molecule has 0 radical (unpaired) electrons. The van der Waals surface area contributed by atoms with E-state index in [0.717, 1.165) is 17.9 Å². The Kier molecular flexibility index (Phi) is 6.09. The van der Waals surface area contributed by atoms with Crippen molar-refractivity contribution >= 4 is 5.91 Å². The predicted octanol–water partition coefficient (Wildman–Crippen LogP) is 2.43. The number of hydrogen-bond acceptors (Lipinski definition) is 3. The van der Waals surface area contributed by atoms with Gasteiger partial charge >= 0.3 is 0 Å². The Morgan fingerprint density at radius 3 is 2.62 bits per heavy atom. The van der Waals surface area contributed by atoms with Gasteiger partial charge in [-0.25, -0.2) is 9.07 Å². The minimum atomic E-state index is -0.319. The fourth-order valence-corrected chi connectivity index (χ4v) is 2.64. The first-order chi connectivity index (χ1) is 11.5. The van der Waals surface area contributed by atoms with Crippen molar-refractivity contribution in [3.63, 3.8) is 0 Å². The van der Waals surface area contributed by atoms with Crippen LogP contribution in [-0.4, -0.2) is 47.8 Å². The first-order valence-corrected chi connectivity index (χ1v) is 8.27. The van der Waals surface area contributed by atoms with Crippen molar-refractivity contribution in [1.82, 2.24) is 20.0 Å². The molecular weight excluding hydrogens is 307 g/mol. The van der Waals surface area contributed by atoms with Crippen LogP contribution in [0.1, 0.15) is 35.6 Å². The van der Waals surface area contributed by atoms with Gasteiger partial charge in [0.1, 0.15) is 5.82 Å². The maximum Gasteiger partial charge on any atom is 0.255 e. The quantitative estimate of drug-likeness (QED) is 0.847. The Hall–Kier alpha value is -2.21. The van der Waals surface area contributed by atoms with E-state index in [2.05, 4.69) is 10.4 Å². The fourth-order valence-electron chi connectivity index (χ4n) is 2.64. The van der Waals surface area contributed by atoms with Crippen LogP contribution < -0.4 is 5.32 Å². The van der Waals surface area contributed by atoms with Crippen LogP contribution in [0.4, 0.5) is 4.39 Å².